The zero-order valence-corrected chi connectivity index (χ0v) is 18.4. The summed E-state index contributed by atoms with van der Waals surface area (Å²) in [4.78, 5) is 0. The number of hydrogen-bond acceptors (Lipinski definition) is 2. The van der Waals surface area contributed by atoms with Crippen LogP contribution in [0, 0.1) is 0 Å². The van der Waals surface area contributed by atoms with Crippen LogP contribution in [-0.2, 0) is 0 Å². The third kappa shape index (κ3) is 2.22. The summed E-state index contributed by atoms with van der Waals surface area (Å²) in [5, 5.41) is 7.37. The van der Waals surface area contributed by atoms with Crippen LogP contribution < -0.4 is 0 Å². The maximum atomic E-state index is 6.52. The van der Waals surface area contributed by atoms with Gasteiger partial charge in [0.2, 0.25) is 0 Å². The zero-order valence-electron chi connectivity index (χ0n) is 17.6. The molecule has 0 unspecified atom stereocenters. The minimum atomic E-state index is 0.927. The molecule has 3 heterocycles. The van der Waals surface area contributed by atoms with E-state index in [0.29, 0.717) is 0 Å². The van der Waals surface area contributed by atoms with Crippen LogP contribution in [0.3, 0.4) is 0 Å². The lowest BCUT2D eigenvalue weighted by molar-refractivity contribution is 0.671. The van der Waals surface area contributed by atoms with Gasteiger partial charge < -0.3 is 8.98 Å². The van der Waals surface area contributed by atoms with Crippen molar-refractivity contribution in [2.24, 2.45) is 0 Å². The van der Waals surface area contributed by atoms with E-state index in [2.05, 4.69) is 102 Å². The molecule has 0 saturated heterocycles. The van der Waals surface area contributed by atoms with Crippen molar-refractivity contribution in [1.29, 1.82) is 0 Å². The Morgan fingerprint density at radius 2 is 1.27 bits per heavy atom. The quantitative estimate of drug-likeness (QED) is 0.249. The number of rotatable bonds is 1. The molecule has 3 aromatic heterocycles. The van der Waals surface area contributed by atoms with Crippen LogP contribution in [-0.4, -0.2) is 4.57 Å². The summed E-state index contributed by atoms with van der Waals surface area (Å²) >= 11 is 1.85. The van der Waals surface area contributed by atoms with Gasteiger partial charge in [-0.1, -0.05) is 66.7 Å². The maximum absolute atomic E-state index is 6.52. The standard InChI is InChI=1S/C30H17NOS/c1-4-11-23-18(8-1)20-16-17-21-19-9-2-5-13-25(19)32-30(21)29(20)31(23)24-12-7-15-27-28(24)22-10-3-6-14-26(22)33-27/h1-17H. The van der Waals surface area contributed by atoms with E-state index in [1.807, 2.05) is 17.4 Å². The second-order valence-corrected chi connectivity index (χ2v) is 9.62. The minimum Gasteiger partial charge on any atom is -0.454 e. The fraction of sp³-hybridized carbons (Fsp3) is 0. The Labute approximate surface area is 192 Å². The zero-order chi connectivity index (χ0) is 21.5. The first-order valence-corrected chi connectivity index (χ1v) is 11.9. The van der Waals surface area contributed by atoms with Gasteiger partial charge in [0.05, 0.1) is 16.7 Å². The van der Waals surface area contributed by atoms with Crippen molar-refractivity contribution >= 4 is 75.3 Å². The highest BCUT2D eigenvalue weighted by Crippen LogP contribution is 2.43. The molecule has 154 valence electrons. The number of furan rings is 1. The highest BCUT2D eigenvalue weighted by Gasteiger charge is 2.20. The first-order valence-electron chi connectivity index (χ1n) is 11.1. The molecule has 3 heteroatoms. The van der Waals surface area contributed by atoms with Crippen molar-refractivity contribution in [2.45, 2.75) is 0 Å². The summed E-state index contributed by atoms with van der Waals surface area (Å²) in [6, 6.07) is 36.8. The molecule has 0 radical (unpaired) electrons. The van der Waals surface area contributed by atoms with E-state index in [1.54, 1.807) is 0 Å². The van der Waals surface area contributed by atoms with E-state index in [-0.39, 0.29) is 0 Å². The molecule has 0 N–H and O–H groups in total. The normalized spacial score (nSPS) is 12.2. The second kappa shape index (κ2) is 6.25. The topological polar surface area (TPSA) is 18.1 Å². The Morgan fingerprint density at radius 3 is 2.21 bits per heavy atom. The predicted molar refractivity (Wildman–Crippen MR) is 141 cm³/mol. The van der Waals surface area contributed by atoms with Crippen LogP contribution in [0.1, 0.15) is 0 Å². The van der Waals surface area contributed by atoms with Gasteiger partial charge >= 0.3 is 0 Å². The smallest absolute Gasteiger partial charge is 0.160 e. The summed E-state index contributed by atoms with van der Waals surface area (Å²) in [6.07, 6.45) is 0. The van der Waals surface area contributed by atoms with E-state index in [1.165, 1.54) is 42.1 Å². The summed E-state index contributed by atoms with van der Waals surface area (Å²) in [5.74, 6) is 0. The van der Waals surface area contributed by atoms with Crippen molar-refractivity contribution in [3.63, 3.8) is 0 Å². The second-order valence-electron chi connectivity index (χ2n) is 8.54. The monoisotopic (exact) mass is 439 g/mol. The van der Waals surface area contributed by atoms with Crippen LogP contribution in [0.15, 0.2) is 108 Å². The molecule has 8 rings (SSSR count). The van der Waals surface area contributed by atoms with Gasteiger partial charge in [0.25, 0.3) is 0 Å². The van der Waals surface area contributed by atoms with E-state index < -0.39 is 0 Å². The number of nitrogens with zero attached hydrogens (tertiary/aromatic N) is 1. The lowest BCUT2D eigenvalue weighted by atomic mass is 10.1. The number of fused-ring (bicyclic) bond motifs is 10. The third-order valence-corrected chi connectivity index (χ3v) is 7.94. The Balaban J connectivity index is 1.66. The van der Waals surface area contributed by atoms with Crippen molar-refractivity contribution in [3.8, 4) is 5.69 Å². The Bertz CT molecular complexity index is 2040. The van der Waals surface area contributed by atoms with Gasteiger partial charge in [0.1, 0.15) is 5.58 Å². The van der Waals surface area contributed by atoms with Crippen molar-refractivity contribution in [2.75, 3.05) is 0 Å². The van der Waals surface area contributed by atoms with E-state index in [0.717, 1.165) is 27.5 Å². The molecule has 0 spiro atoms. The number of aromatic nitrogens is 1. The molecule has 33 heavy (non-hydrogen) atoms. The van der Waals surface area contributed by atoms with Crippen molar-refractivity contribution in [1.82, 2.24) is 4.57 Å². The molecule has 0 fully saturated rings. The van der Waals surface area contributed by atoms with E-state index >= 15 is 0 Å². The molecular formula is C30H17NOS. The maximum Gasteiger partial charge on any atom is 0.160 e. The lowest BCUT2D eigenvalue weighted by Gasteiger charge is -2.10. The number of para-hydroxylation sites is 2. The van der Waals surface area contributed by atoms with E-state index in [9.17, 15) is 0 Å². The van der Waals surface area contributed by atoms with Crippen LogP contribution in [0.4, 0.5) is 0 Å². The lowest BCUT2D eigenvalue weighted by Crippen LogP contribution is -1.94. The van der Waals surface area contributed by atoms with Crippen LogP contribution in [0.5, 0.6) is 0 Å². The average Bonchev–Trinajstić information content (AvgIpc) is 3.53. The molecule has 8 aromatic rings. The Morgan fingerprint density at radius 1 is 0.545 bits per heavy atom. The van der Waals surface area contributed by atoms with E-state index in [4.69, 9.17) is 4.42 Å². The molecule has 0 atom stereocenters. The molecule has 0 aliphatic rings. The fourth-order valence-electron chi connectivity index (χ4n) is 5.42. The molecule has 0 saturated carbocycles. The molecule has 0 aliphatic carbocycles. The summed E-state index contributed by atoms with van der Waals surface area (Å²) in [6.45, 7) is 0. The molecule has 0 amide bonds. The van der Waals surface area contributed by atoms with Crippen LogP contribution >= 0.6 is 11.3 Å². The first kappa shape index (κ1) is 17.5. The number of benzene rings is 5. The molecular weight excluding hydrogens is 422 g/mol. The number of thiophene rings is 1. The third-order valence-electron chi connectivity index (χ3n) is 6.80. The molecule has 2 nitrogen and oxygen atoms in total. The molecule has 0 aliphatic heterocycles. The first-order chi connectivity index (χ1) is 16.4. The Hall–Kier alpha value is -4.08. The largest absolute Gasteiger partial charge is 0.454 e. The van der Waals surface area contributed by atoms with Crippen LogP contribution in [0.25, 0.3) is 69.6 Å². The van der Waals surface area contributed by atoms with Gasteiger partial charge in [-0.2, -0.15) is 0 Å². The predicted octanol–water partition coefficient (Wildman–Crippen LogP) is 9.05. The summed E-state index contributed by atoms with van der Waals surface area (Å²) in [7, 11) is 0. The fourth-order valence-corrected chi connectivity index (χ4v) is 6.55. The highest BCUT2D eigenvalue weighted by molar-refractivity contribution is 7.25. The summed E-state index contributed by atoms with van der Waals surface area (Å²) in [5.41, 5.74) is 5.40. The van der Waals surface area contributed by atoms with Gasteiger partial charge in [-0.3, -0.25) is 0 Å². The van der Waals surface area contributed by atoms with Gasteiger partial charge in [0, 0.05) is 41.7 Å². The SMILES string of the molecule is c1ccc2c(c1)oc1c2ccc2c3ccccc3n(-c3cccc4sc5ccccc5c34)c21. The molecule has 0 bridgehead atoms. The van der Waals surface area contributed by atoms with Gasteiger partial charge in [-0.05, 0) is 36.4 Å². The van der Waals surface area contributed by atoms with Crippen molar-refractivity contribution in [3.05, 3.63) is 103 Å². The number of hydrogen-bond donors (Lipinski definition) is 0. The highest BCUT2D eigenvalue weighted by atomic mass is 32.1. The Kier molecular flexibility index (Phi) is 3.31. The minimum absolute atomic E-state index is 0.927. The van der Waals surface area contributed by atoms with Gasteiger partial charge in [0.15, 0.2) is 5.58 Å². The van der Waals surface area contributed by atoms with Crippen molar-refractivity contribution < 1.29 is 4.42 Å². The molecule has 5 aromatic carbocycles. The van der Waals surface area contributed by atoms with Gasteiger partial charge in [-0.15, -0.1) is 11.3 Å². The van der Waals surface area contributed by atoms with Crippen LogP contribution in [0.2, 0.25) is 0 Å². The summed E-state index contributed by atoms with van der Waals surface area (Å²) < 4.78 is 11.6. The average molecular weight is 440 g/mol. The van der Waals surface area contributed by atoms with Gasteiger partial charge in [-0.25, -0.2) is 0 Å².